The van der Waals surface area contributed by atoms with E-state index in [-0.39, 0.29) is 0 Å². The average Bonchev–Trinajstić information content (AvgIpc) is 2.45. The van der Waals surface area contributed by atoms with Crippen molar-refractivity contribution < 1.29 is 0 Å². The molecule has 0 saturated heterocycles. The standard InChI is InChI=1S/C12H27P.C5H11Cl/c1-4-7-10-13(11-8-5-2)12-9-6-3;1-2-3-4-5-6/h4-12H2,1-3H3;2-5H2,1H3. The van der Waals surface area contributed by atoms with E-state index in [4.69, 9.17) is 11.6 Å². The van der Waals surface area contributed by atoms with Gasteiger partial charge in [0.05, 0.1) is 0 Å². The lowest BCUT2D eigenvalue weighted by molar-refractivity contribution is 0.776. The first-order valence-corrected chi connectivity index (χ1v) is 11.0. The molecular weight excluding hydrogens is 271 g/mol. The van der Waals surface area contributed by atoms with Crippen molar-refractivity contribution in [3.05, 3.63) is 0 Å². The Kier molecular flexibility index (Phi) is 24.4. The molecule has 0 aromatic heterocycles. The molecular formula is C17H38ClP. The summed E-state index contributed by atoms with van der Waals surface area (Å²) in [7, 11) is 0.422. The molecule has 0 heterocycles. The normalized spacial score (nSPS) is 10.4. The van der Waals surface area contributed by atoms with Crippen LogP contribution in [0.5, 0.6) is 0 Å². The molecule has 0 atom stereocenters. The molecule has 0 nitrogen and oxygen atoms in total. The van der Waals surface area contributed by atoms with E-state index in [1.165, 1.54) is 57.8 Å². The lowest BCUT2D eigenvalue weighted by Gasteiger charge is -2.16. The highest BCUT2D eigenvalue weighted by Gasteiger charge is 2.05. The van der Waals surface area contributed by atoms with E-state index < -0.39 is 0 Å². The number of halogens is 1. The van der Waals surface area contributed by atoms with Gasteiger partial charge in [0.1, 0.15) is 0 Å². The quantitative estimate of drug-likeness (QED) is 0.202. The van der Waals surface area contributed by atoms with Crippen molar-refractivity contribution in [3.63, 3.8) is 0 Å². The maximum absolute atomic E-state index is 5.38. The van der Waals surface area contributed by atoms with Crippen LogP contribution in [0.4, 0.5) is 0 Å². The summed E-state index contributed by atoms with van der Waals surface area (Å²) in [6.07, 6.45) is 16.9. The zero-order valence-electron chi connectivity index (χ0n) is 14.0. The summed E-state index contributed by atoms with van der Waals surface area (Å²) in [4.78, 5) is 0. The van der Waals surface area contributed by atoms with Gasteiger partial charge in [0.15, 0.2) is 0 Å². The van der Waals surface area contributed by atoms with Gasteiger partial charge in [-0.2, -0.15) is 0 Å². The van der Waals surface area contributed by atoms with Crippen LogP contribution in [0.2, 0.25) is 0 Å². The molecule has 0 N–H and O–H groups in total. The van der Waals surface area contributed by atoms with Crippen LogP contribution in [0, 0.1) is 0 Å². The molecule has 0 amide bonds. The third kappa shape index (κ3) is 21.2. The van der Waals surface area contributed by atoms with Crippen molar-refractivity contribution in [1.29, 1.82) is 0 Å². The summed E-state index contributed by atoms with van der Waals surface area (Å²) in [5.41, 5.74) is 0. The summed E-state index contributed by atoms with van der Waals surface area (Å²) in [6, 6.07) is 0. The Bertz CT molecular complexity index is 116. The van der Waals surface area contributed by atoms with Crippen LogP contribution in [-0.4, -0.2) is 24.4 Å². The minimum atomic E-state index is 0.422. The highest BCUT2D eigenvalue weighted by Crippen LogP contribution is 2.38. The van der Waals surface area contributed by atoms with E-state index in [0.717, 1.165) is 5.88 Å². The maximum atomic E-state index is 5.38. The molecule has 118 valence electrons. The summed E-state index contributed by atoms with van der Waals surface area (Å²) >= 11 is 5.38. The minimum absolute atomic E-state index is 0.422. The van der Waals surface area contributed by atoms with E-state index in [9.17, 15) is 0 Å². The second-order valence-corrected chi connectivity index (χ2v) is 8.36. The smallest absolute Gasteiger partial charge is 0.0223 e. The predicted octanol–water partition coefficient (Wildman–Crippen LogP) is 7.28. The van der Waals surface area contributed by atoms with Crippen LogP contribution in [0.1, 0.15) is 85.5 Å². The van der Waals surface area contributed by atoms with Gasteiger partial charge in [-0.3, -0.25) is 0 Å². The number of alkyl halides is 1. The Hall–Kier alpha value is 0.720. The summed E-state index contributed by atoms with van der Waals surface area (Å²) in [5.74, 6) is 0.827. The second kappa shape index (κ2) is 21.0. The van der Waals surface area contributed by atoms with E-state index in [0.29, 0.717) is 7.92 Å². The van der Waals surface area contributed by atoms with E-state index in [2.05, 4.69) is 27.7 Å². The largest absolute Gasteiger partial charge is 0.127 e. The molecule has 0 spiro atoms. The fourth-order valence-electron chi connectivity index (χ4n) is 1.83. The molecule has 0 aromatic rings. The zero-order valence-corrected chi connectivity index (χ0v) is 15.7. The number of hydrogen-bond acceptors (Lipinski definition) is 0. The molecule has 2 heteroatoms. The molecule has 0 aromatic carbocycles. The maximum Gasteiger partial charge on any atom is 0.0223 e. The molecule has 0 aliphatic rings. The summed E-state index contributed by atoms with van der Waals surface area (Å²) < 4.78 is 0. The van der Waals surface area contributed by atoms with Crippen LogP contribution < -0.4 is 0 Å². The molecule has 0 unspecified atom stereocenters. The van der Waals surface area contributed by atoms with Gasteiger partial charge in [0.2, 0.25) is 0 Å². The molecule has 19 heavy (non-hydrogen) atoms. The molecule has 0 radical (unpaired) electrons. The summed E-state index contributed by atoms with van der Waals surface area (Å²) in [6.45, 7) is 9.11. The Morgan fingerprint density at radius 3 is 1.16 bits per heavy atom. The van der Waals surface area contributed by atoms with Crippen molar-refractivity contribution in [3.8, 4) is 0 Å². The van der Waals surface area contributed by atoms with Gasteiger partial charge in [-0.05, 0) is 44.2 Å². The van der Waals surface area contributed by atoms with Gasteiger partial charge < -0.3 is 0 Å². The van der Waals surface area contributed by atoms with Crippen LogP contribution >= 0.6 is 19.5 Å². The number of rotatable bonds is 12. The third-order valence-electron chi connectivity index (χ3n) is 3.22. The molecule has 0 aliphatic carbocycles. The van der Waals surface area contributed by atoms with Crippen molar-refractivity contribution in [2.45, 2.75) is 85.5 Å². The monoisotopic (exact) mass is 308 g/mol. The van der Waals surface area contributed by atoms with Gasteiger partial charge in [-0.25, -0.2) is 0 Å². The molecule has 0 aliphatic heterocycles. The van der Waals surface area contributed by atoms with Gasteiger partial charge in [-0.15, -0.1) is 19.5 Å². The van der Waals surface area contributed by atoms with Crippen LogP contribution in [-0.2, 0) is 0 Å². The first-order chi connectivity index (χ1) is 9.26. The third-order valence-corrected chi connectivity index (χ3v) is 6.33. The first-order valence-electron chi connectivity index (χ1n) is 8.54. The lowest BCUT2D eigenvalue weighted by Crippen LogP contribution is -1.95. The molecule has 0 fully saturated rings. The highest BCUT2D eigenvalue weighted by molar-refractivity contribution is 7.57. The average molecular weight is 309 g/mol. The van der Waals surface area contributed by atoms with Crippen molar-refractivity contribution in [2.24, 2.45) is 0 Å². The van der Waals surface area contributed by atoms with Gasteiger partial charge in [0.25, 0.3) is 0 Å². The van der Waals surface area contributed by atoms with Gasteiger partial charge >= 0.3 is 0 Å². The van der Waals surface area contributed by atoms with E-state index >= 15 is 0 Å². The van der Waals surface area contributed by atoms with Gasteiger partial charge in [0, 0.05) is 5.88 Å². The molecule has 0 saturated carbocycles. The Morgan fingerprint density at radius 1 is 0.579 bits per heavy atom. The van der Waals surface area contributed by atoms with Crippen LogP contribution in [0.3, 0.4) is 0 Å². The Labute approximate surface area is 129 Å². The minimum Gasteiger partial charge on any atom is -0.127 e. The van der Waals surface area contributed by atoms with Crippen molar-refractivity contribution in [2.75, 3.05) is 24.4 Å². The van der Waals surface area contributed by atoms with E-state index in [1.807, 2.05) is 0 Å². The molecule has 0 bridgehead atoms. The number of hydrogen-bond donors (Lipinski definition) is 0. The fourth-order valence-corrected chi connectivity index (χ4v) is 4.98. The first kappa shape index (κ1) is 22.0. The van der Waals surface area contributed by atoms with E-state index in [1.54, 1.807) is 18.5 Å². The van der Waals surface area contributed by atoms with Crippen LogP contribution in [0.25, 0.3) is 0 Å². The van der Waals surface area contributed by atoms with Crippen molar-refractivity contribution in [1.82, 2.24) is 0 Å². The van der Waals surface area contributed by atoms with Crippen molar-refractivity contribution >= 4 is 19.5 Å². The number of unbranched alkanes of at least 4 members (excludes halogenated alkanes) is 5. The van der Waals surface area contributed by atoms with Gasteiger partial charge in [-0.1, -0.05) is 59.8 Å². The SMILES string of the molecule is CCCCCCl.CCCCP(CCCC)CCCC. The highest BCUT2D eigenvalue weighted by atomic mass is 35.5. The molecule has 0 rings (SSSR count). The Morgan fingerprint density at radius 2 is 0.947 bits per heavy atom. The second-order valence-electron chi connectivity index (χ2n) is 5.30. The fraction of sp³-hybridized carbons (Fsp3) is 1.00. The zero-order chi connectivity index (χ0) is 14.8. The van der Waals surface area contributed by atoms with Crippen LogP contribution in [0.15, 0.2) is 0 Å². The topological polar surface area (TPSA) is 0 Å². The Balaban J connectivity index is 0. The predicted molar refractivity (Wildman–Crippen MR) is 96.5 cm³/mol. The lowest BCUT2D eigenvalue weighted by atomic mass is 10.3. The summed E-state index contributed by atoms with van der Waals surface area (Å²) in [5, 5.41) is 0.